The Kier molecular flexibility index (Phi) is 14.3. The highest BCUT2D eigenvalue weighted by Crippen LogP contribution is 2.49. The molecule has 1 aromatic heterocycles. The summed E-state index contributed by atoms with van der Waals surface area (Å²) in [7, 11) is 1.43. The molecule has 2 aromatic carbocycles. The summed E-state index contributed by atoms with van der Waals surface area (Å²) < 4.78 is 23.7. The average Bonchev–Trinajstić information content (AvgIpc) is 3.91. The maximum absolute atomic E-state index is 15.2. The number of methoxy groups -OCH3 is 1. The minimum Gasteiger partial charge on any atom is -0.507 e. The van der Waals surface area contributed by atoms with Gasteiger partial charge in [0.25, 0.3) is 11.7 Å². The molecule has 1 aliphatic carbocycles. The molecule has 1 fully saturated rings. The van der Waals surface area contributed by atoms with E-state index in [-0.39, 0.29) is 52.5 Å². The first-order chi connectivity index (χ1) is 31.8. The van der Waals surface area contributed by atoms with Gasteiger partial charge in [-0.05, 0) is 19.9 Å². The molecule has 1 saturated heterocycles. The number of hydrogen-bond acceptors (Lipinski definition) is 16. The second-order valence-electron chi connectivity index (χ2n) is 17.9. The molecule has 17 heteroatoms. The van der Waals surface area contributed by atoms with E-state index in [1.165, 1.54) is 64.6 Å². The number of carbonyl (C=O) groups excluding carboxylic acids is 5. The first-order valence-electron chi connectivity index (χ1n) is 22.3. The molecule has 16 nitrogen and oxygen atoms in total. The number of nitrogens with zero attached hydrogens (tertiary/aromatic N) is 3. The van der Waals surface area contributed by atoms with Crippen LogP contribution < -0.4 is 15.0 Å². The number of anilines is 1. The number of thiazole rings is 1. The number of aromatic nitrogens is 1. The Bertz CT molecular complexity index is 2580. The molecule has 9 atom stereocenters. The Morgan fingerprint density at radius 3 is 2.22 bits per heavy atom. The predicted octanol–water partition coefficient (Wildman–Crippen LogP) is 5.90. The van der Waals surface area contributed by atoms with Crippen molar-refractivity contribution in [2.24, 2.45) is 23.7 Å². The summed E-state index contributed by atoms with van der Waals surface area (Å²) in [5.74, 6) is -9.19. The third-order valence-corrected chi connectivity index (χ3v) is 14.3. The van der Waals surface area contributed by atoms with E-state index in [1.54, 1.807) is 44.7 Å². The number of Topliss-reactive ketones (excluding diaryl/α,β-unsaturated/α-hetero) is 3. The van der Waals surface area contributed by atoms with Crippen molar-refractivity contribution in [2.75, 3.05) is 38.2 Å². The van der Waals surface area contributed by atoms with Crippen LogP contribution in [-0.2, 0) is 23.8 Å². The molecular formula is C50H58N4O12S. The molecule has 4 aliphatic heterocycles. The van der Waals surface area contributed by atoms with Crippen molar-refractivity contribution in [3.05, 3.63) is 105 Å². The molecule has 5 heterocycles. The Labute approximate surface area is 393 Å². The summed E-state index contributed by atoms with van der Waals surface area (Å²) >= 11 is 1.48. The van der Waals surface area contributed by atoms with Crippen molar-refractivity contribution < 1.29 is 58.2 Å². The zero-order valence-corrected chi connectivity index (χ0v) is 39.9. The van der Waals surface area contributed by atoms with Crippen molar-refractivity contribution >= 4 is 45.7 Å². The van der Waals surface area contributed by atoms with Crippen molar-refractivity contribution in [2.45, 2.75) is 85.6 Å². The van der Waals surface area contributed by atoms with Crippen LogP contribution in [0.1, 0.15) is 85.1 Å². The number of aliphatic hydroxyl groups excluding tert-OH is 2. The number of ether oxygens (including phenoxy) is 4. The standard InChI is InChI=1S/C50H58N4O12S/c1-25-14-13-15-26(2)48(62)52-38-39(53-19-21-54(22-20-53)49-51-33(24-67-49)32-16-11-10-12-17-32)44(60)35-36(43(38)59)42(58)30(6)46-37(35)47(61)50(8,66-46)64-23-18-34(63-9)27(3)45(65-31(7)55)29(5)41(57)28(4)40(25)56/h10-18,23-25,27-29,34,40-41,45,56-58H,19-22H2,1-9H3,(H,52,62)/t25-,27+,28+,29-,34-,40-,41-,45+,50-/m0/s1. The van der Waals surface area contributed by atoms with Crippen molar-refractivity contribution in [3.8, 4) is 22.8 Å². The van der Waals surface area contributed by atoms with Crippen LogP contribution in [0.15, 0.2) is 83.2 Å². The summed E-state index contributed by atoms with van der Waals surface area (Å²) in [6.07, 6.45) is 3.44. The topological polar surface area (TPSA) is 214 Å². The molecule has 5 bridgehead atoms. The number of allylic oxidation sites excluding steroid dienone is 4. The van der Waals surface area contributed by atoms with Crippen LogP contribution in [0.3, 0.4) is 0 Å². The number of amides is 1. The molecule has 4 N–H and O–H groups in total. The average molecular weight is 939 g/mol. The van der Waals surface area contributed by atoms with Gasteiger partial charge in [0.15, 0.2) is 5.13 Å². The quantitative estimate of drug-likeness (QED) is 0.219. The zero-order valence-electron chi connectivity index (χ0n) is 39.1. The van der Waals surface area contributed by atoms with Crippen LogP contribution in [0.5, 0.6) is 11.5 Å². The molecule has 3 aromatic rings. The zero-order chi connectivity index (χ0) is 48.6. The number of esters is 1. The number of phenolic OH excluding ortho intramolecular Hbond substituents is 1. The van der Waals surface area contributed by atoms with Gasteiger partial charge in [-0.25, -0.2) is 4.98 Å². The first-order valence-corrected chi connectivity index (χ1v) is 23.2. The summed E-state index contributed by atoms with van der Waals surface area (Å²) in [5, 5.41) is 40.2. The highest BCUT2D eigenvalue weighted by molar-refractivity contribution is 7.14. The largest absolute Gasteiger partial charge is 0.507 e. The predicted molar refractivity (Wildman–Crippen MR) is 250 cm³/mol. The number of aromatic hydroxyl groups is 1. The van der Waals surface area contributed by atoms with Crippen molar-refractivity contribution in [1.82, 2.24) is 15.2 Å². The monoisotopic (exact) mass is 938 g/mol. The molecule has 356 valence electrons. The van der Waals surface area contributed by atoms with Gasteiger partial charge in [-0.15, -0.1) is 11.3 Å². The Balaban J connectivity index is 1.30. The molecule has 8 rings (SSSR count). The van der Waals surface area contributed by atoms with E-state index in [9.17, 15) is 34.5 Å². The molecule has 67 heavy (non-hydrogen) atoms. The van der Waals surface area contributed by atoms with Gasteiger partial charge >= 0.3 is 11.8 Å². The number of benzene rings is 2. The number of hydrogen-bond donors (Lipinski definition) is 4. The Morgan fingerprint density at radius 1 is 0.896 bits per heavy atom. The highest BCUT2D eigenvalue weighted by Gasteiger charge is 2.53. The van der Waals surface area contributed by atoms with E-state index in [4.69, 9.17) is 23.9 Å². The SMILES string of the molecule is CO[C@H]1C=CO[C@@]2(C)Oc3c(C)c(O)c4c(c3C2=O)C(=O)C(N2CCN(c3nc(-c5ccccc5)cs3)CC2)=C(NC(=O)C(C)=CC=C[C@H](C)[C@H](O)[C@@H](C)[C@H](O)[C@H](C)[C@H](OC(C)=O)[C@@H]1C)C4=O. The van der Waals surface area contributed by atoms with E-state index in [0.29, 0.717) is 13.1 Å². The van der Waals surface area contributed by atoms with Crippen molar-refractivity contribution in [3.63, 3.8) is 0 Å². The molecule has 0 spiro atoms. The lowest BCUT2D eigenvalue weighted by Crippen LogP contribution is -2.50. The Hall–Kier alpha value is -6.14. The number of aliphatic hydroxyl groups is 2. The molecule has 1 amide bonds. The summed E-state index contributed by atoms with van der Waals surface area (Å²) in [4.78, 5) is 79.7. The lowest BCUT2D eigenvalue weighted by Gasteiger charge is -2.38. The summed E-state index contributed by atoms with van der Waals surface area (Å²) in [6.45, 7) is 13.7. The van der Waals surface area contributed by atoms with E-state index < -0.39 is 94.4 Å². The van der Waals surface area contributed by atoms with Gasteiger partial charge in [0.1, 0.15) is 29.0 Å². The number of rotatable bonds is 5. The molecule has 0 radical (unpaired) electrons. The van der Waals surface area contributed by atoms with E-state index in [2.05, 4.69) is 10.2 Å². The fourth-order valence-electron chi connectivity index (χ4n) is 9.25. The minimum absolute atomic E-state index is 0.00181. The van der Waals surface area contributed by atoms with Crippen LogP contribution in [0.2, 0.25) is 0 Å². The maximum atomic E-state index is 15.2. The third kappa shape index (κ3) is 9.29. The maximum Gasteiger partial charge on any atom is 0.312 e. The van der Waals surface area contributed by atoms with Crippen LogP contribution in [0, 0.1) is 30.6 Å². The lowest BCUT2D eigenvalue weighted by atomic mass is 9.78. The van der Waals surface area contributed by atoms with E-state index in [1.807, 2.05) is 35.7 Å². The molecule has 0 saturated carbocycles. The van der Waals surface area contributed by atoms with Crippen LogP contribution in [0.4, 0.5) is 5.13 Å². The molecule has 5 aliphatic rings. The van der Waals surface area contributed by atoms with Crippen LogP contribution >= 0.6 is 11.3 Å². The number of piperazine rings is 1. The number of phenols is 1. The van der Waals surface area contributed by atoms with E-state index in [0.717, 1.165) is 16.4 Å². The second kappa shape index (κ2) is 19.6. The van der Waals surface area contributed by atoms with Gasteiger partial charge in [0.05, 0.1) is 47.0 Å². The van der Waals surface area contributed by atoms with Crippen LogP contribution in [-0.4, -0.2) is 118 Å². The normalized spacial score (nSPS) is 28.6. The van der Waals surface area contributed by atoms with Gasteiger partial charge in [-0.2, -0.15) is 0 Å². The number of ketones is 3. The fraction of sp³-hybridized carbons (Fsp3) is 0.440. The van der Waals surface area contributed by atoms with Gasteiger partial charge in [0, 0.05) is 92.9 Å². The smallest absolute Gasteiger partial charge is 0.312 e. The van der Waals surface area contributed by atoms with Gasteiger partial charge in [-0.3, -0.25) is 24.0 Å². The number of nitrogens with one attached hydrogen (secondary N) is 1. The van der Waals surface area contributed by atoms with Crippen molar-refractivity contribution in [1.29, 1.82) is 0 Å². The van der Waals surface area contributed by atoms with E-state index >= 15 is 4.79 Å². The van der Waals surface area contributed by atoms with Crippen LogP contribution in [0.25, 0.3) is 11.3 Å². The van der Waals surface area contributed by atoms with Gasteiger partial charge < -0.3 is 49.4 Å². The first kappa shape index (κ1) is 48.8. The third-order valence-electron chi connectivity index (χ3n) is 13.4. The minimum atomic E-state index is -2.10. The molecular weight excluding hydrogens is 881 g/mol. The Morgan fingerprint density at radius 2 is 1.57 bits per heavy atom. The molecule has 0 unspecified atom stereocenters. The number of carbonyl (C=O) groups is 5. The van der Waals surface area contributed by atoms with Gasteiger partial charge in [-0.1, -0.05) is 76.3 Å². The number of fused-ring (bicyclic) bond motifs is 14. The fourth-order valence-corrected chi connectivity index (χ4v) is 10.1. The summed E-state index contributed by atoms with van der Waals surface area (Å²) in [5.41, 5.74) is 0.325. The second-order valence-corrected chi connectivity index (χ2v) is 18.7. The highest BCUT2D eigenvalue weighted by atomic mass is 32.1. The summed E-state index contributed by atoms with van der Waals surface area (Å²) in [6, 6.07) is 9.78. The van der Waals surface area contributed by atoms with Gasteiger partial charge in [0.2, 0.25) is 11.6 Å². The lowest BCUT2D eigenvalue weighted by molar-refractivity contribution is -0.160.